The molecule has 0 amide bonds. The first-order valence-electron chi connectivity index (χ1n) is 7.19. The Morgan fingerprint density at radius 1 is 1.24 bits per heavy atom. The zero-order valence-corrected chi connectivity index (χ0v) is 13.9. The van der Waals surface area contributed by atoms with Crippen molar-refractivity contribution in [3.05, 3.63) is 46.7 Å². The molecule has 1 N–H and O–H groups in total. The molecule has 21 heavy (non-hydrogen) atoms. The standard InChI is InChI=1S/C16H23ClN4/c1-16(2,3)18-10-13(9-15-11-21(4)20-19-15)12-5-7-14(17)8-6-12/h5-8,11,13,18H,9-10H2,1-4H3. The van der Waals surface area contributed by atoms with Crippen LogP contribution in [0, 0.1) is 0 Å². The molecule has 0 saturated carbocycles. The predicted molar refractivity (Wildman–Crippen MR) is 86.7 cm³/mol. The Balaban J connectivity index is 2.15. The molecule has 2 aromatic rings. The minimum atomic E-state index is 0.0903. The number of hydrogen-bond acceptors (Lipinski definition) is 3. The molecule has 2 rings (SSSR count). The maximum Gasteiger partial charge on any atom is 0.0833 e. The van der Waals surface area contributed by atoms with E-state index in [0.717, 1.165) is 23.7 Å². The summed E-state index contributed by atoms with van der Waals surface area (Å²) in [5, 5.41) is 12.6. The highest BCUT2D eigenvalue weighted by Gasteiger charge is 2.18. The lowest BCUT2D eigenvalue weighted by Gasteiger charge is -2.25. The van der Waals surface area contributed by atoms with Gasteiger partial charge in [0.1, 0.15) is 0 Å². The van der Waals surface area contributed by atoms with E-state index in [4.69, 9.17) is 11.6 Å². The van der Waals surface area contributed by atoms with E-state index in [1.165, 1.54) is 5.56 Å². The number of nitrogens with one attached hydrogen (secondary N) is 1. The first-order valence-corrected chi connectivity index (χ1v) is 7.57. The Labute approximate surface area is 131 Å². The third kappa shape index (κ3) is 5.14. The van der Waals surface area contributed by atoms with Crippen LogP contribution < -0.4 is 5.32 Å². The fourth-order valence-electron chi connectivity index (χ4n) is 2.21. The first-order chi connectivity index (χ1) is 9.83. The van der Waals surface area contributed by atoms with Gasteiger partial charge in [-0.15, -0.1) is 5.10 Å². The number of hydrogen-bond donors (Lipinski definition) is 1. The Morgan fingerprint density at radius 2 is 1.90 bits per heavy atom. The minimum absolute atomic E-state index is 0.0903. The van der Waals surface area contributed by atoms with Crippen LogP contribution in [0.25, 0.3) is 0 Å². The Bertz CT molecular complexity index is 569. The predicted octanol–water partition coefficient (Wildman–Crippen LogP) is 3.18. The van der Waals surface area contributed by atoms with E-state index in [1.807, 2.05) is 25.4 Å². The quantitative estimate of drug-likeness (QED) is 0.922. The van der Waals surface area contributed by atoms with E-state index in [9.17, 15) is 0 Å². The van der Waals surface area contributed by atoms with Gasteiger partial charge in [0.05, 0.1) is 5.69 Å². The van der Waals surface area contributed by atoms with Crippen molar-refractivity contribution in [2.24, 2.45) is 7.05 Å². The molecule has 0 saturated heterocycles. The number of aryl methyl sites for hydroxylation is 1. The molecule has 0 aliphatic rings. The Kier molecular flexibility index (Phi) is 5.01. The van der Waals surface area contributed by atoms with Gasteiger partial charge in [0, 0.05) is 42.7 Å². The highest BCUT2D eigenvalue weighted by Crippen LogP contribution is 2.22. The van der Waals surface area contributed by atoms with Crippen molar-refractivity contribution in [1.29, 1.82) is 0 Å². The van der Waals surface area contributed by atoms with E-state index >= 15 is 0 Å². The lowest BCUT2D eigenvalue weighted by Crippen LogP contribution is -2.39. The third-order valence-electron chi connectivity index (χ3n) is 3.33. The van der Waals surface area contributed by atoms with Crippen molar-refractivity contribution in [3.63, 3.8) is 0 Å². The summed E-state index contributed by atoms with van der Waals surface area (Å²) in [6, 6.07) is 8.07. The zero-order chi connectivity index (χ0) is 15.5. The fourth-order valence-corrected chi connectivity index (χ4v) is 2.34. The minimum Gasteiger partial charge on any atom is -0.311 e. The molecule has 0 fully saturated rings. The number of halogens is 1. The first kappa shape index (κ1) is 16.0. The van der Waals surface area contributed by atoms with Gasteiger partial charge in [-0.25, -0.2) is 0 Å². The molecule has 0 spiro atoms. The maximum absolute atomic E-state index is 5.99. The molecule has 5 heteroatoms. The molecule has 0 radical (unpaired) electrons. The van der Waals surface area contributed by atoms with Gasteiger partial charge >= 0.3 is 0 Å². The fraction of sp³-hybridized carbons (Fsp3) is 0.500. The molecular formula is C16H23ClN4. The van der Waals surface area contributed by atoms with Crippen LogP contribution in [-0.4, -0.2) is 27.1 Å². The van der Waals surface area contributed by atoms with Gasteiger partial charge in [0.15, 0.2) is 0 Å². The monoisotopic (exact) mass is 306 g/mol. The van der Waals surface area contributed by atoms with Gasteiger partial charge in [0.25, 0.3) is 0 Å². The van der Waals surface area contributed by atoms with Crippen LogP contribution in [-0.2, 0) is 13.5 Å². The lowest BCUT2D eigenvalue weighted by molar-refractivity contribution is 0.404. The van der Waals surface area contributed by atoms with E-state index in [0.29, 0.717) is 5.92 Å². The number of nitrogens with zero attached hydrogens (tertiary/aromatic N) is 3. The van der Waals surface area contributed by atoms with Crippen LogP contribution in [0.15, 0.2) is 30.5 Å². The normalized spacial score (nSPS) is 13.4. The summed E-state index contributed by atoms with van der Waals surface area (Å²) < 4.78 is 1.74. The maximum atomic E-state index is 5.99. The van der Waals surface area contributed by atoms with Crippen molar-refractivity contribution >= 4 is 11.6 Å². The molecule has 1 aromatic heterocycles. The van der Waals surface area contributed by atoms with Gasteiger partial charge in [-0.3, -0.25) is 4.68 Å². The van der Waals surface area contributed by atoms with Crippen LogP contribution >= 0.6 is 11.6 Å². The second-order valence-electron chi connectivity index (χ2n) is 6.47. The summed E-state index contributed by atoms with van der Waals surface area (Å²) in [7, 11) is 1.89. The van der Waals surface area contributed by atoms with E-state index in [2.05, 4.69) is 48.5 Å². The second kappa shape index (κ2) is 6.58. The molecule has 1 atom stereocenters. The highest BCUT2D eigenvalue weighted by atomic mass is 35.5. The van der Waals surface area contributed by atoms with Gasteiger partial charge in [-0.2, -0.15) is 0 Å². The topological polar surface area (TPSA) is 42.7 Å². The van der Waals surface area contributed by atoms with Crippen molar-refractivity contribution in [2.45, 2.75) is 38.6 Å². The summed E-state index contributed by atoms with van der Waals surface area (Å²) in [5.74, 6) is 0.346. The van der Waals surface area contributed by atoms with Crippen molar-refractivity contribution in [3.8, 4) is 0 Å². The van der Waals surface area contributed by atoms with Gasteiger partial charge < -0.3 is 5.32 Å². The van der Waals surface area contributed by atoms with Crippen LogP contribution in [0.5, 0.6) is 0 Å². The molecule has 1 aromatic carbocycles. The lowest BCUT2D eigenvalue weighted by atomic mass is 9.93. The van der Waals surface area contributed by atoms with Crippen LogP contribution in [0.2, 0.25) is 5.02 Å². The Hall–Kier alpha value is -1.39. The van der Waals surface area contributed by atoms with E-state index in [-0.39, 0.29) is 5.54 Å². The summed E-state index contributed by atoms with van der Waals surface area (Å²) in [5.41, 5.74) is 2.36. The summed E-state index contributed by atoms with van der Waals surface area (Å²) in [4.78, 5) is 0. The average molecular weight is 307 g/mol. The summed E-state index contributed by atoms with van der Waals surface area (Å²) in [6.45, 7) is 7.42. The van der Waals surface area contributed by atoms with Crippen LogP contribution in [0.1, 0.15) is 37.9 Å². The molecule has 0 aliphatic carbocycles. The molecule has 0 bridgehead atoms. The third-order valence-corrected chi connectivity index (χ3v) is 3.58. The van der Waals surface area contributed by atoms with Crippen molar-refractivity contribution in [2.75, 3.05) is 6.54 Å². The molecule has 1 heterocycles. The highest BCUT2D eigenvalue weighted by molar-refractivity contribution is 6.30. The molecular weight excluding hydrogens is 284 g/mol. The number of benzene rings is 1. The van der Waals surface area contributed by atoms with Gasteiger partial charge in [0.2, 0.25) is 0 Å². The molecule has 4 nitrogen and oxygen atoms in total. The molecule has 114 valence electrons. The summed E-state index contributed by atoms with van der Waals surface area (Å²) in [6.07, 6.45) is 2.83. The zero-order valence-electron chi connectivity index (χ0n) is 13.1. The molecule has 0 aliphatic heterocycles. The van der Waals surface area contributed by atoms with Crippen molar-refractivity contribution in [1.82, 2.24) is 20.3 Å². The van der Waals surface area contributed by atoms with E-state index < -0.39 is 0 Å². The summed E-state index contributed by atoms with van der Waals surface area (Å²) >= 11 is 5.99. The number of rotatable bonds is 5. The smallest absolute Gasteiger partial charge is 0.0833 e. The average Bonchev–Trinajstić information content (AvgIpc) is 2.80. The number of aromatic nitrogens is 3. The van der Waals surface area contributed by atoms with Crippen molar-refractivity contribution < 1.29 is 0 Å². The molecule has 1 unspecified atom stereocenters. The Morgan fingerprint density at radius 3 is 2.43 bits per heavy atom. The van der Waals surface area contributed by atoms with E-state index in [1.54, 1.807) is 4.68 Å². The van der Waals surface area contributed by atoms with Crippen LogP contribution in [0.3, 0.4) is 0 Å². The van der Waals surface area contributed by atoms with Crippen LogP contribution in [0.4, 0.5) is 0 Å². The van der Waals surface area contributed by atoms with Gasteiger partial charge in [-0.1, -0.05) is 28.9 Å². The van der Waals surface area contributed by atoms with Gasteiger partial charge in [-0.05, 0) is 38.5 Å². The largest absolute Gasteiger partial charge is 0.311 e. The SMILES string of the molecule is Cn1cc(CC(CNC(C)(C)C)c2ccc(Cl)cc2)nn1. The second-order valence-corrected chi connectivity index (χ2v) is 6.90.